The second-order valence-electron chi connectivity index (χ2n) is 6.62. The van der Waals surface area contributed by atoms with E-state index in [9.17, 15) is 19.7 Å². The lowest BCUT2D eigenvalue weighted by molar-refractivity contribution is -0.384. The SMILES string of the molecule is CNC(=O)c1ccc(NC(=O)c2ccc(N3CCCCC3)c([N+](=O)[O-])c2)cc1. The predicted octanol–water partition coefficient (Wildman–Crippen LogP) is 3.20. The third kappa shape index (κ3) is 4.28. The first-order valence-electron chi connectivity index (χ1n) is 9.16. The van der Waals surface area contributed by atoms with Crippen LogP contribution in [0.3, 0.4) is 0 Å². The minimum absolute atomic E-state index is 0.0653. The Morgan fingerprint density at radius 1 is 0.964 bits per heavy atom. The third-order valence-electron chi connectivity index (χ3n) is 4.76. The molecule has 0 unspecified atom stereocenters. The van der Waals surface area contributed by atoms with Crippen LogP contribution in [0.4, 0.5) is 17.1 Å². The quantitative estimate of drug-likeness (QED) is 0.610. The lowest BCUT2D eigenvalue weighted by atomic mass is 10.1. The fraction of sp³-hybridized carbons (Fsp3) is 0.300. The van der Waals surface area contributed by atoms with Crippen molar-refractivity contribution in [2.45, 2.75) is 19.3 Å². The summed E-state index contributed by atoms with van der Waals surface area (Å²) in [4.78, 5) is 37.2. The Morgan fingerprint density at radius 3 is 2.21 bits per heavy atom. The fourth-order valence-corrected chi connectivity index (χ4v) is 3.27. The van der Waals surface area contributed by atoms with Crippen molar-refractivity contribution in [1.29, 1.82) is 0 Å². The van der Waals surface area contributed by atoms with Crippen LogP contribution in [0.1, 0.15) is 40.0 Å². The Bertz CT molecular complexity index is 890. The first kappa shape index (κ1) is 19.3. The van der Waals surface area contributed by atoms with Gasteiger partial charge >= 0.3 is 0 Å². The van der Waals surface area contributed by atoms with Crippen LogP contribution < -0.4 is 15.5 Å². The number of nitro benzene ring substituents is 1. The van der Waals surface area contributed by atoms with Gasteiger partial charge in [-0.3, -0.25) is 19.7 Å². The first-order valence-corrected chi connectivity index (χ1v) is 9.16. The minimum atomic E-state index is -0.446. The van der Waals surface area contributed by atoms with Crippen LogP contribution in [0, 0.1) is 10.1 Å². The summed E-state index contributed by atoms with van der Waals surface area (Å²) in [7, 11) is 1.54. The zero-order valence-corrected chi connectivity index (χ0v) is 15.6. The number of carbonyl (C=O) groups is 2. The maximum atomic E-state index is 12.5. The van der Waals surface area contributed by atoms with Crippen LogP contribution in [-0.2, 0) is 0 Å². The predicted molar refractivity (Wildman–Crippen MR) is 107 cm³/mol. The average molecular weight is 382 g/mol. The first-order chi connectivity index (χ1) is 13.5. The number of nitrogens with zero attached hydrogens (tertiary/aromatic N) is 2. The van der Waals surface area contributed by atoms with Gasteiger partial charge < -0.3 is 15.5 Å². The normalized spacial score (nSPS) is 13.7. The van der Waals surface area contributed by atoms with Crippen LogP contribution in [-0.4, -0.2) is 36.9 Å². The molecule has 0 atom stereocenters. The van der Waals surface area contributed by atoms with Crippen LogP contribution in [0.15, 0.2) is 42.5 Å². The third-order valence-corrected chi connectivity index (χ3v) is 4.76. The molecule has 0 saturated carbocycles. The maximum Gasteiger partial charge on any atom is 0.293 e. The number of nitro groups is 1. The van der Waals surface area contributed by atoms with E-state index in [1.54, 1.807) is 43.4 Å². The van der Waals surface area contributed by atoms with E-state index in [4.69, 9.17) is 0 Å². The van der Waals surface area contributed by atoms with Crippen molar-refractivity contribution in [3.05, 3.63) is 63.7 Å². The maximum absolute atomic E-state index is 12.5. The fourth-order valence-electron chi connectivity index (χ4n) is 3.27. The van der Waals surface area contributed by atoms with Crippen molar-refractivity contribution < 1.29 is 14.5 Å². The number of amides is 2. The molecule has 8 heteroatoms. The molecule has 8 nitrogen and oxygen atoms in total. The molecule has 2 aromatic carbocycles. The van der Waals surface area contributed by atoms with Crippen LogP contribution in [0.2, 0.25) is 0 Å². The molecule has 146 valence electrons. The van der Waals surface area contributed by atoms with Gasteiger partial charge in [0, 0.05) is 43.0 Å². The van der Waals surface area contributed by atoms with Crippen LogP contribution >= 0.6 is 0 Å². The van der Waals surface area contributed by atoms with Crippen molar-refractivity contribution in [3.8, 4) is 0 Å². The van der Waals surface area contributed by atoms with Gasteiger partial charge in [0.25, 0.3) is 17.5 Å². The van der Waals surface area contributed by atoms with Gasteiger partial charge in [0.2, 0.25) is 0 Å². The van der Waals surface area contributed by atoms with Crippen molar-refractivity contribution >= 4 is 28.9 Å². The topological polar surface area (TPSA) is 105 Å². The Kier molecular flexibility index (Phi) is 5.88. The Balaban J connectivity index is 1.78. The summed E-state index contributed by atoms with van der Waals surface area (Å²) in [6.07, 6.45) is 3.14. The van der Waals surface area contributed by atoms with E-state index in [1.807, 2.05) is 4.90 Å². The molecule has 2 aromatic rings. The van der Waals surface area contributed by atoms with E-state index in [0.717, 1.165) is 32.4 Å². The van der Waals surface area contributed by atoms with Gasteiger partial charge in [-0.05, 0) is 55.7 Å². The van der Waals surface area contributed by atoms with E-state index in [-0.39, 0.29) is 17.2 Å². The highest BCUT2D eigenvalue weighted by atomic mass is 16.6. The van der Waals surface area contributed by atoms with E-state index in [0.29, 0.717) is 16.9 Å². The molecule has 0 bridgehead atoms. The number of nitrogens with one attached hydrogen (secondary N) is 2. The summed E-state index contributed by atoms with van der Waals surface area (Å²) in [6.45, 7) is 1.56. The Labute approximate surface area is 162 Å². The van der Waals surface area contributed by atoms with E-state index >= 15 is 0 Å². The second-order valence-corrected chi connectivity index (χ2v) is 6.62. The average Bonchev–Trinajstić information content (AvgIpc) is 2.73. The van der Waals surface area contributed by atoms with Gasteiger partial charge in [-0.25, -0.2) is 0 Å². The zero-order chi connectivity index (χ0) is 20.1. The number of carbonyl (C=O) groups excluding carboxylic acids is 2. The molecule has 1 aliphatic rings. The highest BCUT2D eigenvalue weighted by Crippen LogP contribution is 2.31. The number of anilines is 2. The molecule has 0 aromatic heterocycles. The highest BCUT2D eigenvalue weighted by Gasteiger charge is 2.23. The van der Waals surface area contributed by atoms with E-state index in [1.165, 1.54) is 6.07 Å². The lowest BCUT2D eigenvalue weighted by Crippen LogP contribution is -2.30. The molecule has 1 saturated heterocycles. The molecule has 1 fully saturated rings. The molecule has 0 aliphatic carbocycles. The summed E-state index contributed by atoms with van der Waals surface area (Å²) in [5, 5.41) is 16.8. The monoisotopic (exact) mass is 382 g/mol. The lowest BCUT2D eigenvalue weighted by Gasteiger charge is -2.28. The molecule has 2 N–H and O–H groups in total. The van der Waals surface area contributed by atoms with Gasteiger partial charge in [0.1, 0.15) is 5.69 Å². The summed E-state index contributed by atoms with van der Waals surface area (Å²) in [5.74, 6) is -0.664. The number of hydrogen-bond acceptors (Lipinski definition) is 5. The number of hydrogen-bond donors (Lipinski definition) is 2. The molecule has 2 amide bonds. The summed E-state index contributed by atoms with van der Waals surface area (Å²) < 4.78 is 0. The highest BCUT2D eigenvalue weighted by molar-refractivity contribution is 6.05. The smallest absolute Gasteiger partial charge is 0.293 e. The van der Waals surface area contributed by atoms with E-state index < -0.39 is 10.8 Å². The van der Waals surface area contributed by atoms with Gasteiger partial charge in [0.15, 0.2) is 0 Å². The van der Waals surface area contributed by atoms with Gasteiger partial charge in [-0.1, -0.05) is 0 Å². The Morgan fingerprint density at radius 2 is 1.61 bits per heavy atom. The molecule has 3 rings (SSSR count). The number of rotatable bonds is 5. The molecule has 1 aliphatic heterocycles. The number of piperidine rings is 1. The summed E-state index contributed by atoms with van der Waals surface area (Å²) in [6, 6.07) is 11.0. The molecular weight excluding hydrogens is 360 g/mol. The standard InChI is InChI=1S/C20H22N4O4/c1-21-19(25)14-5-8-16(9-6-14)22-20(26)15-7-10-17(18(13-15)24(27)28)23-11-3-2-4-12-23/h5-10,13H,2-4,11-12H2,1H3,(H,21,25)(H,22,26). The van der Waals surface area contributed by atoms with Crippen LogP contribution in [0.25, 0.3) is 0 Å². The zero-order valence-electron chi connectivity index (χ0n) is 15.6. The van der Waals surface area contributed by atoms with Gasteiger partial charge in [-0.2, -0.15) is 0 Å². The van der Waals surface area contributed by atoms with Crippen molar-refractivity contribution in [2.24, 2.45) is 0 Å². The molecule has 0 radical (unpaired) electrons. The van der Waals surface area contributed by atoms with Crippen LogP contribution in [0.5, 0.6) is 0 Å². The number of benzene rings is 2. The summed E-state index contributed by atoms with van der Waals surface area (Å²) in [5.41, 5.74) is 1.67. The van der Waals surface area contributed by atoms with Crippen molar-refractivity contribution in [1.82, 2.24) is 5.32 Å². The second kappa shape index (κ2) is 8.51. The van der Waals surface area contributed by atoms with E-state index in [2.05, 4.69) is 10.6 Å². The molecular formula is C20H22N4O4. The molecule has 1 heterocycles. The van der Waals surface area contributed by atoms with Gasteiger partial charge in [0.05, 0.1) is 4.92 Å². The van der Waals surface area contributed by atoms with Crippen molar-refractivity contribution in [2.75, 3.05) is 30.4 Å². The van der Waals surface area contributed by atoms with Gasteiger partial charge in [-0.15, -0.1) is 0 Å². The van der Waals surface area contributed by atoms with Crippen molar-refractivity contribution in [3.63, 3.8) is 0 Å². The largest absolute Gasteiger partial charge is 0.366 e. The summed E-state index contributed by atoms with van der Waals surface area (Å²) >= 11 is 0. The molecule has 0 spiro atoms. The minimum Gasteiger partial charge on any atom is -0.366 e. The molecule has 28 heavy (non-hydrogen) atoms. The Hall–Kier alpha value is -3.42.